The van der Waals surface area contributed by atoms with Crippen molar-refractivity contribution < 1.29 is 14.3 Å². The number of rotatable bonds is 6. The Labute approximate surface area is 111 Å². The quantitative estimate of drug-likeness (QED) is 0.735. The van der Waals surface area contributed by atoms with Crippen molar-refractivity contribution in [2.45, 2.75) is 18.9 Å². The van der Waals surface area contributed by atoms with Gasteiger partial charge in [0.1, 0.15) is 11.6 Å². The van der Waals surface area contributed by atoms with Gasteiger partial charge in [0.25, 0.3) is 0 Å². The van der Waals surface area contributed by atoms with Crippen molar-refractivity contribution in [1.29, 1.82) is 0 Å². The number of carbonyl (C=O) groups excluding carboxylic acids is 1. The molecule has 1 aliphatic rings. The number of methoxy groups -OCH3 is 1. The number of aromatic nitrogens is 1. The molecule has 0 N–H and O–H groups in total. The summed E-state index contributed by atoms with van der Waals surface area (Å²) in [6.45, 7) is 1.91. The summed E-state index contributed by atoms with van der Waals surface area (Å²) >= 11 is 1.61. The zero-order valence-corrected chi connectivity index (χ0v) is 11.3. The van der Waals surface area contributed by atoms with Gasteiger partial charge in [-0.05, 0) is 12.8 Å². The Bertz CT molecular complexity index is 369. The molecular formula is C12H18N2O3S. The van der Waals surface area contributed by atoms with Crippen LogP contribution in [0.5, 0.6) is 0 Å². The van der Waals surface area contributed by atoms with Gasteiger partial charge in [-0.15, -0.1) is 11.3 Å². The molecule has 6 heteroatoms. The number of hydrogen-bond donors (Lipinski definition) is 0. The molecule has 0 unspecified atom stereocenters. The van der Waals surface area contributed by atoms with Gasteiger partial charge in [0.2, 0.25) is 5.91 Å². The van der Waals surface area contributed by atoms with Crippen LogP contribution in [0.15, 0.2) is 11.6 Å². The molecule has 2 heterocycles. The number of nitrogens with zero attached hydrogens (tertiary/aromatic N) is 2. The SMILES string of the molecule is COCCOCC(=O)N1CCC[C@H]1c1nccs1. The molecule has 1 saturated heterocycles. The molecule has 0 spiro atoms. The number of ether oxygens (including phenoxy) is 2. The van der Waals surface area contributed by atoms with Gasteiger partial charge in [0.05, 0.1) is 19.3 Å². The van der Waals surface area contributed by atoms with Crippen LogP contribution < -0.4 is 0 Å². The minimum absolute atomic E-state index is 0.0452. The molecule has 2 rings (SSSR count). The van der Waals surface area contributed by atoms with Crippen LogP contribution in [-0.2, 0) is 14.3 Å². The third kappa shape index (κ3) is 3.28. The van der Waals surface area contributed by atoms with E-state index < -0.39 is 0 Å². The molecule has 1 aromatic heterocycles. The van der Waals surface area contributed by atoms with Gasteiger partial charge < -0.3 is 14.4 Å². The average molecular weight is 270 g/mol. The van der Waals surface area contributed by atoms with E-state index in [9.17, 15) is 4.79 Å². The summed E-state index contributed by atoms with van der Waals surface area (Å²) in [4.78, 5) is 18.2. The lowest BCUT2D eigenvalue weighted by molar-refractivity contribution is -0.137. The van der Waals surface area contributed by atoms with Crippen LogP contribution in [0.3, 0.4) is 0 Å². The van der Waals surface area contributed by atoms with E-state index in [0.717, 1.165) is 24.4 Å². The van der Waals surface area contributed by atoms with Crippen molar-refractivity contribution in [2.75, 3.05) is 33.5 Å². The summed E-state index contributed by atoms with van der Waals surface area (Å²) in [5.41, 5.74) is 0. The molecule has 0 aliphatic carbocycles. The highest BCUT2D eigenvalue weighted by molar-refractivity contribution is 7.09. The van der Waals surface area contributed by atoms with Gasteiger partial charge in [-0.1, -0.05) is 0 Å². The summed E-state index contributed by atoms with van der Waals surface area (Å²) in [5, 5.41) is 2.98. The van der Waals surface area contributed by atoms with E-state index in [0.29, 0.717) is 13.2 Å². The van der Waals surface area contributed by atoms with Crippen molar-refractivity contribution >= 4 is 17.2 Å². The summed E-state index contributed by atoms with van der Waals surface area (Å²) in [7, 11) is 1.62. The second-order valence-corrected chi connectivity index (χ2v) is 5.09. The van der Waals surface area contributed by atoms with Crippen LogP contribution >= 0.6 is 11.3 Å². The van der Waals surface area contributed by atoms with Crippen LogP contribution in [0.4, 0.5) is 0 Å². The fourth-order valence-corrected chi connectivity index (χ4v) is 2.89. The van der Waals surface area contributed by atoms with Crippen LogP contribution in [0, 0.1) is 0 Å². The number of amides is 1. The van der Waals surface area contributed by atoms with E-state index in [2.05, 4.69) is 4.98 Å². The minimum atomic E-state index is 0.0452. The predicted molar refractivity (Wildman–Crippen MR) is 68.5 cm³/mol. The molecule has 100 valence electrons. The molecule has 1 amide bonds. The zero-order chi connectivity index (χ0) is 12.8. The van der Waals surface area contributed by atoms with Crippen LogP contribution in [0.25, 0.3) is 0 Å². The maximum atomic E-state index is 12.1. The monoisotopic (exact) mass is 270 g/mol. The highest BCUT2D eigenvalue weighted by Crippen LogP contribution is 2.32. The first-order valence-corrected chi connectivity index (χ1v) is 6.96. The number of thiazole rings is 1. The van der Waals surface area contributed by atoms with Gasteiger partial charge in [-0.2, -0.15) is 0 Å². The second-order valence-electron chi connectivity index (χ2n) is 4.16. The molecule has 1 aromatic rings. The largest absolute Gasteiger partial charge is 0.382 e. The lowest BCUT2D eigenvalue weighted by atomic mass is 10.2. The first-order chi connectivity index (χ1) is 8.83. The number of hydrogen-bond acceptors (Lipinski definition) is 5. The molecule has 1 atom stereocenters. The molecule has 1 aliphatic heterocycles. The van der Waals surface area contributed by atoms with Gasteiger partial charge in [0, 0.05) is 25.2 Å². The highest BCUT2D eigenvalue weighted by Gasteiger charge is 2.31. The normalized spacial score (nSPS) is 19.4. The third-order valence-electron chi connectivity index (χ3n) is 2.97. The van der Waals surface area contributed by atoms with E-state index in [1.165, 1.54) is 0 Å². The van der Waals surface area contributed by atoms with Gasteiger partial charge >= 0.3 is 0 Å². The first kappa shape index (κ1) is 13.5. The Morgan fingerprint density at radius 3 is 3.22 bits per heavy atom. The summed E-state index contributed by atoms with van der Waals surface area (Å²) in [6.07, 6.45) is 3.82. The smallest absolute Gasteiger partial charge is 0.249 e. The lowest BCUT2D eigenvalue weighted by Gasteiger charge is -2.22. The van der Waals surface area contributed by atoms with Crippen molar-refractivity contribution in [2.24, 2.45) is 0 Å². The fourth-order valence-electron chi connectivity index (χ4n) is 2.11. The highest BCUT2D eigenvalue weighted by atomic mass is 32.1. The first-order valence-electron chi connectivity index (χ1n) is 6.08. The van der Waals surface area contributed by atoms with Crippen LogP contribution in [0.1, 0.15) is 23.9 Å². The van der Waals surface area contributed by atoms with Gasteiger partial charge in [-0.25, -0.2) is 4.98 Å². The molecule has 5 nitrogen and oxygen atoms in total. The maximum absolute atomic E-state index is 12.1. The Hall–Kier alpha value is -0.980. The average Bonchev–Trinajstić information content (AvgIpc) is 3.02. The van der Waals surface area contributed by atoms with Gasteiger partial charge in [0.15, 0.2) is 0 Å². The zero-order valence-electron chi connectivity index (χ0n) is 10.5. The molecule has 0 saturated carbocycles. The molecule has 1 fully saturated rings. The summed E-state index contributed by atoms with van der Waals surface area (Å²) in [6, 6.07) is 0.142. The Balaban J connectivity index is 1.85. The van der Waals surface area contributed by atoms with E-state index >= 15 is 0 Å². The van der Waals surface area contributed by atoms with E-state index in [1.807, 2.05) is 10.3 Å². The van der Waals surface area contributed by atoms with Crippen molar-refractivity contribution in [3.8, 4) is 0 Å². The lowest BCUT2D eigenvalue weighted by Crippen LogP contribution is -2.33. The van der Waals surface area contributed by atoms with Crippen molar-refractivity contribution in [3.63, 3.8) is 0 Å². The second kappa shape index (κ2) is 6.82. The summed E-state index contributed by atoms with van der Waals surface area (Å²) in [5.74, 6) is 0.0452. The predicted octanol–water partition coefficient (Wildman–Crippen LogP) is 1.47. The minimum Gasteiger partial charge on any atom is -0.382 e. The summed E-state index contributed by atoms with van der Waals surface area (Å²) < 4.78 is 10.2. The van der Waals surface area contributed by atoms with Crippen LogP contribution in [-0.4, -0.2) is 49.3 Å². The third-order valence-corrected chi connectivity index (χ3v) is 3.84. The molecular weight excluding hydrogens is 252 g/mol. The molecule has 0 radical (unpaired) electrons. The topological polar surface area (TPSA) is 51.7 Å². The van der Waals surface area contributed by atoms with E-state index in [4.69, 9.17) is 9.47 Å². The molecule has 0 aromatic carbocycles. The Morgan fingerprint density at radius 1 is 1.61 bits per heavy atom. The van der Waals surface area contributed by atoms with E-state index in [1.54, 1.807) is 24.6 Å². The van der Waals surface area contributed by atoms with E-state index in [-0.39, 0.29) is 18.6 Å². The standard InChI is InChI=1S/C12H18N2O3S/c1-16-6-7-17-9-11(15)14-5-2-3-10(14)12-13-4-8-18-12/h4,8,10H,2-3,5-7,9H2,1H3/t10-/m0/s1. The van der Waals surface area contributed by atoms with Gasteiger partial charge in [-0.3, -0.25) is 4.79 Å². The Kier molecular flexibility index (Phi) is 5.10. The number of likely N-dealkylation sites (tertiary alicyclic amines) is 1. The Morgan fingerprint density at radius 2 is 2.50 bits per heavy atom. The maximum Gasteiger partial charge on any atom is 0.249 e. The number of carbonyl (C=O) groups is 1. The fraction of sp³-hybridized carbons (Fsp3) is 0.667. The van der Waals surface area contributed by atoms with Crippen LogP contribution in [0.2, 0.25) is 0 Å². The molecule has 0 bridgehead atoms. The molecule has 18 heavy (non-hydrogen) atoms. The van der Waals surface area contributed by atoms with Crippen molar-refractivity contribution in [3.05, 3.63) is 16.6 Å². The van der Waals surface area contributed by atoms with Crippen molar-refractivity contribution in [1.82, 2.24) is 9.88 Å².